The van der Waals surface area contributed by atoms with Crippen molar-refractivity contribution in [1.29, 1.82) is 0 Å². The Morgan fingerprint density at radius 1 is 1.34 bits per heavy atom. The van der Waals surface area contributed by atoms with Crippen molar-refractivity contribution in [2.45, 2.75) is 64.1 Å². The number of nitrogens with one attached hydrogen (secondary N) is 1. The average molecular weight is 402 g/mol. The number of fused-ring (bicyclic) bond motifs is 1. The lowest BCUT2D eigenvalue weighted by Crippen LogP contribution is -2.39. The first-order valence-electron chi connectivity index (χ1n) is 9.73. The Balaban J connectivity index is 1.85. The molecular formula is C19H26N6O4. The Labute approximate surface area is 168 Å². The standard InChI is InChI=1S/C19H26N6O4/c1-3-5-6-7-8-12-23-17(20)14-18(24-12)25(10-22-14)19-16(28)15(27)11(29-19)9-21-13(26)4-2/h10-11,15-16,19,27-28H,3-6,9H2,1-2H3,(H,21,26)(H2,20,23,24)/t11-,15-,16-,19-/m1/s1. The van der Waals surface area contributed by atoms with Crippen LogP contribution in [0, 0.1) is 11.8 Å². The number of aromatic nitrogens is 4. The highest BCUT2D eigenvalue weighted by molar-refractivity contribution is 5.82. The minimum absolute atomic E-state index is 0.0826. The number of hydrogen-bond donors (Lipinski definition) is 4. The molecule has 0 radical (unpaired) electrons. The fourth-order valence-corrected chi connectivity index (χ4v) is 3.05. The van der Waals surface area contributed by atoms with Crippen molar-refractivity contribution < 1.29 is 19.7 Å². The van der Waals surface area contributed by atoms with Crippen LogP contribution in [0.2, 0.25) is 0 Å². The molecule has 10 nitrogen and oxygen atoms in total. The number of hydrogen-bond acceptors (Lipinski definition) is 8. The van der Waals surface area contributed by atoms with Crippen LogP contribution in [0.25, 0.3) is 11.2 Å². The number of aliphatic hydroxyl groups excluding tert-OH is 2. The lowest BCUT2D eigenvalue weighted by molar-refractivity contribution is -0.121. The van der Waals surface area contributed by atoms with Gasteiger partial charge < -0.3 is 26.0 Å². The number of anilines is 1. The molecule has 0 saturated carbocycles. The van der Waals surface area contributed by atoms with E-state index in [1.165, 1.54) is 10.9 Å². The molecule has 3 rings (SSSR count). The number of nitrogens with two attached hydrogens (primary N) is 1. The summed E-state index contributed by atoms with van der Waals surface area (Å²) < 4.78 is 7.30. The Morgan fingerprint density at radius 3 is 2.86 bits per heavy atom. The summed E-state index contributed by atoms with van der Waals surface area (Å²) in [5.74, 6) is 6.17. The molecule has 0 bridgehead atoms. The van der Waals surface area contributed by atoms with E-state index in [1.54, 1.807) is 6.92 Å². The van der Waals surface area contributed by atoms with E-state index in [1.807, 2.05) is 0 Å². The summed E-state index contributed by atoms with van der Waals surface area (Å²) in [5, 5.41) is 23.5. The number of aliphatic hydroxyl groups is 2. The van der Waals surface area contributed by atoms with Gasteiger partial charge in [0.1, 0.15) is 23.8 Å². The minimum atomic E-state index is -1.23. The molecule has 156 valence electrons. The number of carbonyl (C=O) groups excluding carboxylic acids is 1. The van der Waals surface area contributed by atoms with Crippen LogP contribution in [0.1, 0.15) is 51.6 Å². The lowest BCUT2D eigenvalue weighted by atomic mass is 10.1. The summed E-state index contributed by atoms with van der Waals surface area (Å²) in [6.07, 6.45) is 0.397. The third-order valence-electron chi connectivity index (χ3n) is 4.74. The first kappa shape index (κ1) is 21.0. The Bertz CT molecular complexity index is 934. The van der Waals surface area contributed by atoms with Crippen LogP contribution in [-0.4, -0.2) is 60.5 Å². The Hall–Kier alpha value is -2.74. The molecule has 1 aliphatic rings. The number of amides is 1. The predicted octanol–water partition coefficient (Wildman–Crippen LogP) is 0.0956. The van der Waals surface area contributed by atoms with Gasteiger partial charge in [0.05, 0.1) is 6.33 Å². The van der Waals surface area contributed by atoms with Gasteiger partial charge in [-0.25, -0.2) is 15.0 Å². The van der Waals surface area contributed by atoms with Crippen LogP contribution in [0.4, 0.5) is 5.82 Å². The quantitative estimate of drug-likeness (QED) is 0.393. The lowest BCUT2D eigenvalue weighted by Gasteiger charge is -2.16. The monoisotopic (exact) mass is 402 g/mol. The first-order valence-corrected chi connectivity index (χ1v) is 9.73. The van der Waals surface area contributed by atoms with E-state index in [9.17, 15) is 15.0 Å². The molecule has 4 atom stereocenters. The molecule has 2 aromatic rings. The van der Waals surface area contributed by atoms with E-state index in [-0.39, 0.29) is 24.1 Å². The molecule has 0 aromatic carbocycles. The van der Waals surface area contributed by atoms with Crippen molar-refractivity contribution in [3.05, 3.63) is 12.2 Å². The van der Waals surface area contributed by atoms with Crippen molar-refractivity contribution in [2.75, 3.05) is 12.3 Å². The normalized spacial score (nSPS) is 23.7. The highest BCUT2D eigenvalue weighted by atomic mass is 16.6. The molecule has 1 saturated heterocycles. The number of imidazole rings is 1. The van der Waals surface area contributed by atoms with Crippen molar-refractivity contribution in [3.63, 3.8) is 0 Å². The number of rotatable bonds is 6. The smallest absolute Gasteiger partial charge is 0.219 e. The van der Waals surface area contributed by atoms with Gasteiger partial charge in [-0.3, -0.25) is 9.36 Å². The zero-order chi connectivity index (χ0) is 21.0. The van der Waals surface area contributed by atoms with E-state index in [2.05, 4.69) is 39.0 Å². The Kier molecular flexibility index (Phi) is 6.64. The maximum atomic E-state index is 11.5. The number of ether oxygens (including phenoxy) is 1. The molecule has 0 aliphatic carbocycles. The molecule has 5 N–H and O–H groups in total. The van der Waals surface area contributed by atoms with Crippen LogP contribution in [0.3, 0.4) is 0 Å². The fourth-order valence-electron chi connectivity index (χ4n) is 3.05. The zero-order valence-corrected chi connectivity index (χ0v) is 16.5. The molecule has 1 amide bonds. The number of unbranched alkanes of at least 4 members (excludes halogenated alkanes) is 2. The van der Waals surface area contributed by atoms with Crippen LogP contribution >= 0.6 is 0 Å². The van der Waals surface area contributed by atoms with Crippen molar-refractivity contribution in [2.24, 2.45) is 0 Å². The summed E-state index contributed by atoms with van der Waals surface area (Å²) in [7, 11) is 0. The summed E-state index contributed by atoms with van der Waals surface area (Å²) in [6, 6.07) is 0. The van der Waals surface area contributed by atoms with Gasteiger partial charge in [0.15, 0.2) is 17.7 Å². The van der Waals surface area contributed by atoms with Gasteiger partial charge in [-0.05, 0) is 12.3 Å². The highest BCUT2D eigenvalue weighted by Gasteiger charge is 2.44. The van der Waals surface area contributed by atoms with Crippen molar-refractivity contribution in [1.82, 2.24) is 24.8 Å². The van der Waals surface area contributed by atoms with Gasteiger partial charge in [-0.2, -0.15) is 0 Å². The second-order valence-corrected chi connectivity index (χ2v) is 6.87. The topological polar surface area (TPSA) is 148 Å². The first-order chi connectivity index (χ1) is 14.0. The average Bonchev–Trinajstić information content (AvgIpc) is 3.25. The minimum Gasteiger partial charge on any atom is -0.387 e. The molecule has 29 heavy (non-hydrogen) atoms. The molecule has 10 heteroatoms. The second kappa shape index (κ2) is 9.17. The third-order valence-corrected chi connectivity index (χ3v) is 4.74. The number of carbonyl (C=O) groups is 1. The van der Waals surface area contributed by atoms with Gasteiger partial charge in [0, 0.05) is 19.4 Å². The molecule has 1 aliphatic heterocycles. The van der Waals surface area contributed by atoms with Gasteiger partial charge >= 0.3 is 0 Å². The molecule has 0 unspecified atom stereocenters. The molecule has 0 spiro atoms. The van der Waals surface area contributed by atoms with Crippen molar-refractivity contribution >= 4 is 22.9 Å². The van der Waals surface area contributed by atoms with Crippen LogP contribution in [0.15, 0.2) is 6.33 Å². The van der Waals surface area contributed by atoms with E-state index >= 15 is 0 Å². The van der Waals surface area contributed by atoms with Gasteiger partial charge in [0.25, 0.3) is 0 Å². The summed E-state index contributed by atoms with van der Waals surface area (Å²) in [4.78, 5) is 24.2. The molecular weight excluding hydrogens is 376 g/mol. The maximum absolute atomic E-state index is 11.5. The van der Waals surface area contributed by atoms with Crippen LogP contribution < -0.4 is 11.1 Å². The Morgan fingerprint density at radius 2 is 2.14 bits per heavy atom. The van der Waals surface area contributed by atoms with Gasteiger partial charge in [-0.1, -0.05) is 26.2 Å². The second-order valence-electron chi connectivity index (χ2n) is 6.87. The van der Waals surface area contributed by atoms with Crippen LogP contribution in [0.5, 0.6) is 0 Å². The van der Waals surface area contributed by atoms with Gasteiger partial charge in [-0.15, -0.1) is 0 Å². The summed E-state index contributed by atoms with van der Waals surface area (Å²) in [5.41, 5.74) is 6.70. The number of nitrogens with zero attached hydrogens (tertiary/aromatic N) is 4. The highest BCUT2D eigenvalue weighted by Crippen LogP contribution is 2.31. The van der Waals surface area contributed by atoms with E-state index < -0.39 is 24.5 Å². The third kappa shape index (κ3) is 4.48. The zero-order valence-electron chi connectivity index (χ0n) is 16.5. The number of nitrogen functional groups attached to an aromatic ring is 1. The van der Waals surface area contributed by atoms with Crippen LogP contribution in [-0.2, 0) is 9.53 Å². The molecule has 3 heterocycles. The van der Waals surface area contributed by atoms with Gasteiger partial charge in [0.2, 0.25) is 11.7 Å². The van der Waals surface area contributed by atoms with E-state index in [0.29, 0.717) is 17.6 Å². The summed E-state index contributed by atoms with van der Waals surface area (Å²) >= 11 is 0. The SMILES string of the molecule is CCCCC#Cc1nc(N)c2ncn([C@@H]3O[C@H](CNC(=O)CC)[C@@H](O)[C@H]3O)c2n1. The van der Waals surface area contributed by atoms with Crippen molar-refractivity contribution in [3.8, 4) is 11.8 Å². The maximum Gasteiger partial charge on any atom is 0.219 e. The largest absolute Gasteiger partial charge is 0.387 e. The molecule has 1 fully saturated rings. The van der Waals surface area contributed by atoms with E-state index in [0.717, 1.165) is 19.3 Å². The molecule has 2 aromatic heterocycles. The summed E-state index contributed by atoms with van der Waals surface area (Å²) in [6.45, 7) is 3.89. The fraction of sp³-hybridized carbons (Fsp3) is 0.579. The van der Waals surface area contributed by atoms with E-state index in [4.69, 9.17) is 10.5 Å². The predicted molar refractivity (Wildman–Crippen MR) is 105 cm³/mol.